The molecule has 0 spiro atoms. The Balaban J connectivity index is 0.000000232. The van der Waals surface area contributed by atoms with E-state index in [4.69, 9.17) is 10.1 Å². The molecule has 2 aromatic heterocycles. The molecule has 6 nitrogen and oxygen atoms in total. The minimum absolute atomic E-state index is 0.0483. The van der Waals surface area contributed by atoms with Gasteiger partial charge in [-0.15, -0.1) is 0 Å². The number of hydrogen-bond acceptors (Lipinski definition) is 4. The summed E-state index contributed by atoms with van der Waals surface area (Å²) in [6, 6.07) is 1.57. The molecule has 0 bridgehead atoms. The van der Waals surface area contributed by atoms with E-state index in [0.29, 0.717) is 17.3 Å². The third-order valence-corrected chi connectivity index (χ3v) is 8.83. The number of carboxylic acid groups (broad SMARTS) is 1. The predicted octanol–water partition coefficient (Wildman–Crippen LogP) is 8.18. The number of nitrogens with zero attached hydrogens (tertiary/aromatic N) is 3. The lowest BCUT2D eigenvalue weighted by Gasteiger charge is -2.26. The molecule has 4 rings (SSSR count). The number of imidazole rings is 1. The van der Waals surface area contributed by atoms with Gasteiger partial charge in [0, 0.05) is 22.6 Å². The smallest absolute Gasteiger partial charge is 0.354 e. The highest BCUT2D eigenvalue weighted by Crippen LogP contribution is 2.33. The molecule has 0 saturated heterocycles. The van der Waals surface area contributed by atoms with Crippen molar-refractivity contribution in [2.45, 2.75) is 129 Å². The van der Waals surface area contributed by atoms with Crippen LogP contribution in [-0.2, 0) is 16.6 Å². The molecule has 7 heteroatoms. The topological polar surface area (TPSA) is 84.6 Å². The second-order valence-corrected chi connectivity index (χ2v) is 14.6. The van der Waals surface area contributed by atoms with Crippen LogP contribution in [0.5, 0.6) is 0 Å². The molecule has 0 amide bonds. The number of carboxylic acids is 1. The van der Waals surface area contributed by atoms with Crippen molar-refractivity contribution in [3.8, 4) is 0 Å². The lowest BCUT2D eigenvalue weighted by Crippen LogP contribution is -2.30. The summed E-state index contributed by atoms with van der Waals surface area (Å²) in [7, 11) is 0. The largest absolute Gasteiger partial charge is 0.477 e. The third-order valence-electron chi connectivity index (χ3n) is 8.04. The maximum absolute atomic E-state index is 12.0. The lowest BCUT2D eigenvalue weighted by atomic mass is 9.82. The van der Waals surface area contributed by atoms with Gasteiger partial charge in [-0.1, -0.05) is 122 Å². The molecule has 2 fully saturated rings. The van der Waals surface area contributed by atoms with Crippen LogP contribution in [0.25, 0.3) is 5.65 Å². The fourth-order valence-corrected chi connectivity index (χ4v) is 7.08. The van der Waals surface area contributed by atoms with Gasteiger partial charge in [-0.25, -0.2) is 14.8 Å². The number of fused-ring (bicyclic) bond motifs is 1. The normalized spacial score (nSPS) is 18.6. The summed E-state index contributed by atoms with van der Waals surface area (Å²) in [6.07, 6.45) is 16.9. The van der Waals surface area contributed by atoms with Crippen molar-refractivity contribution in [2.75, 3.05) is 0 Å². The second-order valence-electron chi connectivity index (χ2n) is 13.5. The number of halogens is 1. The molecule has 1 N–H and O–H groups in total. The van der Waals surface area contributed by atoms with E-state index >= 15 is 0 Å². The Morgan fingerprint density at radius 1 is 0.974 bits per heavy atom. The van der Waals surface area contributed by atoms with E-state index in [9.17, 15) is 9.59 Å². The molecule has 2 saturated carbocycles. The van der Waals surface area contributed by atoms with Crippen molar-refractivity contribution in [1.82, 2.24) is 14.4 Å². The monoisotopic (exact) mass is 589 g/mol. The number of rotatable bonds is 6. The number of aromatic carboxylic acids is 1. The van der Waals surface area contributed by atoms with Crippen molar-refractivity contribution in [3.63, 3.8) is 0 Å². The molecule has 38 heavy (non-hydrogen) atoms. The van der Waals surface area contributed by atoms with Crippen molar-refractivity contribution < 1.29 is 14.7 Å². The predicted molar refractivity (Wildman–Crippen MR) is 157 cm³/mol. The Morgan fingerprint density at radius 2 is 1.53 bits per heavy atom. The first-order valence-corrected chi connectivity index (χ1v) is 15.5. The van der Waals surface area contributed by atoms with Gasteiger partial charge in [0.2, 0.25) is 0 Å². The summed E-state index contributed by atoms with van der Waals surface area (Å²) in [4.78, 5) is 32.0. The molecule has 2 aromatic rings. The summed E-state index contributed by atoms with van der Waals surface area (Å²) in [5.41, 5.74) is 2.72. The molecule has 2 aliphatic rings. The van der Waals surface area contributed by atoms with Crippen molar-refractivity contribution >= 4 is 33.3 Å². The number of alkyl halides is 1. The number of carbonyl (C=O) groups excluding carboxylic acids is 1. The Bertz CT molecular complexity index is 1080. The molecule has 2 aliphatic carbocycles. The van der Waals surface area contributed by atoms with E-state index in [1.54, 1.807) is 12.4 Å². The Labute approximate surface area is 237 Å². The van der Waals surface area contributed by atoms with Gasteiger partial charge in [0.15, 0.2) is 11.5 Å². The highest BCUT2D eigenvalue weighted by molar-refractivity contribution is 9.10. The molecule has 1 atom stereocenters. The van der Waals surface area contributed by atoms with E-state index in [0.717, 1.165) is 24.5 Å². The number of carbonyl (C=O) groups is 2. The van der Waals surface area contributed by atoms with Gasteiger partial charge in [-0.05, 0) is 24.7 Å². The zero-order chi connectivity index (χ0) is 28.1. The van der Waals surface area contributed by atoms with Crippen LogP contribution in [0.3, 0.4) is 0 Å². The Hall–Kier alpha value is -1.76. The van der Waals surface area contributed by atoms with E-state index in [-0.39, 0.29) is 21.4 Å². The van der Waals surface area contributed by atoms with Crippen LogP contribution >= 0.6 is 15.9 Å². The van der Waals surface area contributed by atoms with Crippen molar-refractivity contribution in [1.29, 1.82) is 0 Å². The molecule has 0 aliphatic heterocycles. The summed E-state index contributed by atoms with van der Waals surface area (Å²) >= 11 is 3.57. The number of aromatic nitrogens is 3. The Morgan fingerprint density at radius 3 is 2.03 bits per heavy atom. The highest BCUT2D eigenvalue weighted by Gasteiger charge is 2.30. The molecule has 1 unspecified atom stereocenters. The van der Waals surface area contributed by atoms with Crippen LogP contribution in [0, 0.1) is 17.3 Å². The lowest BCUT2D eigenvalue weighted by molar-refractivity contribution is -0.125. The SMILES string of the molecule is CC(C)(C)C(=O)C(Br)CC1CCCCC1.CC(C)(C)c1nc2cc(C(=O)O)ncn2c1CC1CCCCC1. The van der Waals surface area contributed by atoms with E-state index in [1.807, 2.05) is 25.2 Å². The van der Waals surface area contributed by atoms with E-state index in [2.05, 4.69) is 41.7 Å². The van der Waals surface area contributed by atoms with Crippen LogP contribution in [0.2, 0.25) is 0 Å². The van der Waals surface area contributed by atoms with Crippen LogP contribution in [0.4, 0.5) is 0 Å². The van der Waals surface area contributed by atoms with Crippen LogP contribution < -0.4 is 0 Å². The average Bonchev–Trinajstić information content (AvgIpc) is 3.23. The van der Waals surface area contributed by atoms with Gasteiger partial charge >= 0.3 is 5.97 Å². The minimum Gasteiger partial charge on any atom is -0.477 e. The average molecular weight is 591 g/mol. The van der Waals surface area contributed by atoms with Gasteiger partial charge in [-0.2, -0.15) is 0 Å². The summed E-state index contributed by atoms with van der Waals surface area (Å²) < 4.78 is 1.99. The van der Waals surface area contributed by atoms with Crippen LogP contribution in [0.1, 0.15) is 134 Å². The summed E-state index contributed by atoms with van der Waals surface area (Å²) in [6.45, 7) is 12.5. The summed E-state index contributed by atoms with van der Waals surface area (Å²) in [5, 5.41) is 9.14. The molecular formula is C31H48BrN3O3. The molecular weight excluding hydrogens is 542 g/mol. The maximum Gasteiger partial charge on any atom is 0.354 e. The fraction of sp³-hybridized carbons (Fsp3) is 0.742. The first kappa shape index (κ1) is 30.8. The van der Waals surface area contributed by atoms with Crippen molar-refractivity contribution in [3.05, 3.63) is 29.5 Å². The fourth-order valence-electron chi connectivity index (χ4n) is 5.87. The second kappa shape index (κ2) is 13.1. The van der Waals surface area contributed by atoms with Crippen LogP contribution in [0.15, 0.2) is 12.4 Å². The Kier molecular flexibility index (Phi) is 10.6. The first-order valence-electron chi connectivity index (χ1n) is 14.6. The zero-order valence-corrected chi connectivity index (χ0v) is 25.9. The van der Waals surface area contributed by atoms with Gasteiger partial charge in [-0.3, -0.25) is 9.20 Å². The van der Waals surface area contributed by atoms with E-state index in [1.165, 1.54) is 69.9 Å². The zero-order valence-electron chi connectivity index (χ0n) is 24.4. The molecule has 212 valence electrons. The van der Waals surface area contributed by atoms with E-state index < -0.39 is 5.97 Å². The number of Topliss-reactive ketones (excluding diaryl/α,β-unsaturated/α-hetero) is 1. The molecule has 2 heterocycles. The third kappa shape index (κ3) is 8.37. The van der Waals surface area contributed by atoms with Gasteiger partial charge in [0.25, 0.3) is 0 Å². The van der Waals surface area contributed by atoms with Gasteiger partial charge < -0.3 is 5.11 Å². The van der Waals surface area contributed by atoms with Crippen LogP contribution in [-0.4, -0.2) is 36.1 Å². The van der Waals surface area contributed by atoms with Gasteiger partial charge in [0.1, 0.15) is 12.0 Å². The first-order chi connectivity index (χ1) is 17.8. The standard InChI is InChI=1S/C18H25N3O2.C13H23BrO/c1-18(2,3)16-14(9-12-7-5-4-6-8-12)21-11-19-13(17(22)23)10-15(21)20-16;1-13(2,3)12(15)11(14)9-10-7-5-4-6-8-10/h10-12H,4-9H2,1-3H3,(H,22,23);10-11H,4-9H2,1-3H3. The summed E-state index contributed by atoms with van der Waals surface area (Å²) in [5.74, 6) is 0.813. The highest BCUT2D eigenvalue weighted by atomic mass is 79.9. The van der Waals surface area contributed by atoms with Gasteiger partial charge in [0.05, 0.1) is 10.5 Å². The molecule has 0 aromatic carbocycles. The minimum atomic E-state index is -1.01. The number of ketones is 1. The number of hydrogen-bond donors (Lipinski definition) is 1. The van der Waals surface area contributed by atoms with Crippen molar-refractivity contribution in [2.24, 2.45) is 17.3 Å². The quantitative estimate of drug-likeness (QED) is 0.343. The maximum atomic E-state index is 12.0. The molecule has 0 radical (unpaired) electrons.